The number of nitrogens with zero attached hydrogens (tertiary/aromatic N) is 3. The third-order valence-electron chi connectivity index (χ3n) is 2.95. The largest absolute Gasteiger partial charge is 0.369 e. The standard InChI is InChI=1S/C15H21N5/c1-12-9-19-13(2)15(20-12)18-8-4-7-17-11-14-5-3-6-16-10-14/h3,5-6,9-10,17H,4,7-8,11H2,1-2H3,(H,18,20). The third kappa shape index (κ3) is 4.59. The van der Waals surface area contributed by atoms with Crippen LogP contribution in [-0.4, -0.2) is 28.0 Å². The highest BCUT2D eigenvalue weighted by atomic mass is 15.0. The maximum Gasteiger partial charge on any atom is 0.147 e. The van der Waals surface area contributed by atoms with Crippen LogP contribution in [0.25, 0.3) is 0 Å². The minimum Gasteiger partial charge on any atom is -0.369 e. The van der Waals surface area contributed by atoms with E-state index in [2.05, 4.69) is 31.7 Å². The summed E-state index contributed by atoms with van der Waals surface area (Å²) in [6.45, 7) is 6.62. The molecule has 106 valence electrons. The lowest BCUT2D eigenvalue weighted by Gasteiger charge is -2.09. The fourth-order valence-corrected chi connectivity index (χ4v) is 1.86. The Morgan fingerprint density at radius 1 is 1.15 bits per heavy atom. The lowest BCUT2D eigenvalue weighted by Crippen LogP contribution is -2.18. The lowest BCUT2D eigenvalue weighted by molar-refractivity contribution is 0.661. The Morgan fingerprint density at radius 3 is 2.85 bits per heavy atom. The molecule has 0 saturated carbocycles. The third-order valence-corrected chi connectivity index (χ3v) is 2.95. The number of anilines is 1. The zero-order valence-corrected chi connectivity index (χ0v) is 12.1. The molecular weight excluding hydrogens is 250 g/mol. The van der Waals surface area contributed by atoms with E-state index in [1.807, 2.05) is 26.1 Å². The van der Waals surface area contributed by atoms with Crippen LogP contribution in [0.1, 0.15) is 23.4 Å². The molecule has 5 nitrogen and oxygen atoms in total. The number of hydrogen-bond acceptors (Lipinski definition) is 5. The fourth-order valence-electron chi connectivity index (χ4n) is 1.86. The van der Waals surface area contributed by atoms with Crippen molar-refractivity contribution in [2.45, 2.75) is 26.8 Å². The van der Waals surface area contributed by atoms with Crippen molar-refractivity contribution < 1.29 is 0 Å². The molecule has 0 atom stereocenters. The van der Waals surface area contributed by atoms with E-state index in [0.717, 1.165) is 43.3 Å². The molecule has 0 bridgehead atoms. The molecule has 0 aliphatic carbocycles. The van der Waals surface area contributed by atoms with Crippen molar-refractivity contribution >= 4 is 5.82 Å². The molecule has 5 heteroatoms. The molecule has 0 aliphatic rings. The Bertz CT molecular complexity index is 527. The Hall–Kier alpha value is -2.01. The highest BCUT2D eigenvalue weighted by molar-refractivity contribution is 5.39. The topological polar surface area (TPSA) is 62.7 Å². The Morgan fingerprint density at radius 2 is 2.05 bits per heavy atom. The molecule has 2 rings (SSSR count). The molecule has 2 aromatic rings. The van der Waals surface area contributed by atoms with Crippen molar-refractivity contribution in [3.05, 3.63) is 47.7 Å². The SMILES string of the molecule is Cc1cnc(C)c(NCCCNCc2cccnc2)n1. The van der Waals surface area contributed by atoms with Gasteiger partial charge in [0.1, 0.15) is 5.82 Å². The molecule has 0 aliphatic heterocycles. The highest BCUT2D eigenvalue weighted by Crippen LogP contribution is 2.08. The number of pyridine rings is 1. The quantitative estimate of drug-likeness (QED) is 0.755. The zero-order chi connectivity index (χ0) is 14.2. The average molecular weight is 271 g/mol. The van der Waals surface area contributed by atoms with Crippen LogP contribution in [-0.2, 0) is 6.54 Å². The predicted octanol–water partition coefficient (Wildman–Crippen LogP) is 2.08. The first-order valence-electron chi connectivity index (χ1n) is 6.89. The molecule has 0 spiro atoms. The first-order chi connectivity index (χ1) is 9.75. The number of hydrogen-bond donors (Lipinski definition) is 2. The van der Waals surface area contributed by atoms with E-state index in [1.54, 1.807) is 12.4 Å². The van der Waals surface area contributed by atoms with Crippen LogP contribution in [0, 0.1) is 13.8 Å². The van der Waals surface area contributed by atoms with Gasteiger partial charge < -0.3 is 10.6 Å². The van der Waals surface area contributed by atoms with Crippen LogP contribution in [0.5, 0.6) is 0 Å². The van der Waals surface area contributed by atoms with Gasteiger partial charge >= 0.3 is 0 Å². The summed E-state index contributed by atoms with van der Waals surface area (Å²) in [7, 11) is 0. The summed E-state index contributed by atoms with van der Waals surface area (Å²) in [5.41, 5.74) is 3.09. The second kappa shape index (κ2) is 7.55. The van der Waals surface area contributed by atoms with E-state index in [1.165, 1.54) is 5.56 Å². The zero-order valence-electron chi connectivity index (χ0n) is 12.1. The summed E-state index contributed by atoms with van der Waals surface area (Å²) in [6, 6.07) is 4.03. The molecule has 0 saturated heterocycles. The first kappa shape index (κ1) is 14.4. The van der Waals surface area contributed by atoms with E-state index >= 15 is 0 Å². The number of aromatic nitrogens is 3. The van der Waals surface area contributed by atoms with Crippen LogP contribution in [0.2, 0.25) is 0 Å². The smallest absolute Gasteiger partial charge is 0.147 e. The summed E-state index contributed by atoms with van der Waals surface area (Å²) in [6.07, 6.45) is 6.50. The van der Waals surface area contributed by atoms with E-state index in [4.69, 9.17) is 0 Å². The molecule has 0 aromatic carbocycles. The van der Waals surface area contributed by atoms with E-state index in [-0.39, 0.29) is 0 Å². The molecule has 0 radical (unpaired) electrons. The van der Waals surface area contributed by atoms with Crippen molar-refractivity contribution in [3.8, 4) is 0 Å². The van der Waals surface area contributed by atoms with Gasteiger partial charge in [-0.05, 0) is 38.4 Å². The number of rotatable bonds is 7. The average Bonchev–Trinajstić information content (AvgIpc) is 2.47. The summed E-state index contributed by atoms with van der Waals surface area (Å²) in [5.74, 6) is 0.886. The van der Waals surface area contributed by atoms with Crippen LogP contribution in [0.4, 0.5) is 5.82 Å². The normalized spacial score (nSPS) is 10.5. The van der Waals surface area contributed by atoms with Crippen LogP contribution >= 0.6 is 0 Å². The van der Waals surface area contributed by atoms with Crippen molar-refractivity contribution in [2.75, 3.05) is 18.4 Å². The van der Waals surface area contributed by atoms with Crippen molar-refractivity contribution in [1.29, 1.82) is 0 Å². The maximum absolute atomic E-state index is 4.44. The van der Waals surface area contributed by atoms with Gasteiger partial charge in [-0.15, -0.1) is 0 Å². The van der Waals surface area contributed by atoms with Gasteiger partial charge in [-0.25, -0.2) is 4.98 Å². The molecule has 2 N–H and O–H groups in total. The highest BCUT2D eigenvalue weighted by Gasteiger charge is 2.00. The van der Waals surface area contributed by atoms with Crippen LogP contribution < -0.4 is 10.6 Å². The van der Waals surface area contributed by atoms with Crippen molar-refractivity contribution in [1.82, 2.24) is 20.3 Å². The molecular formula is C15H21N5. The van der Waals surface area contributed by atoms with Crippen molar-refractivity contribution in [3.63, 3.8) is 0 Å². The molecule has 0 amide bonds. The predicted molar refractivity (Wildman–Crippen MR) is 80.6 cm³/mol. The monoisotopic (exact) mass is 271 g/mol. The molecule has 2 aromatic heterocycles. The second-order valence-electron chi connectivity index (χ2n) is 4.76. The van der Waals surface area contributed by atoms with Gasteiger partial charge in [0.25, 0.3) is 0 Å². The van der Waals surface area contributed by atoms with Crippen LogP contribution in [0.15, 0.2) is 30.7 Å². The lowest BCUT2D eigenvalue weighted by atomic mass is 10.3. The number of aryl methyl sites for hydroxylation is 2. The summed E-state index contributed by atoms with van der Waals surface area (Å²) in [5, 5.41) is 6.72. The summed E-state index contributed by atoms with van der Waals surface area (Å²) >= 11 is 0. The van der Waals surface area contributed by atoms with Gasteiger partial charge in [0.05, 0.1) is 11.4 Å². The van der Waals surface area contributed by atoms with E-state index in [9.17, 15) is 0 Å². The Kier molecular flexibility index (Phi) is 5.43. The molecule has 0 unspecified atom stereocenters. The van der Waals surface area contributed by atoms with Gasteiger partial charge in [-0.2, -0.15) is 0 Å². The van der Waals surface area contributed by atoms with Crippen molar-refractivity contribution in [2.24, 2.45) is 0 Å². The molecule has 20 heavy (non-hydrogen) atoms. The Balaban J connectivity index is 1.63. The van der Waals surface area contributed by atoms with Gasteiger partial charge in [0.15, 0.2) is 0 Å². The minimum absolute atomic E-state index is 0.858. The molecule has 0 fully saturated rings. The maximum atomic E-state index is 4.44. The second-order valence-corrected chi connectivity index (χ2v) is 4.76. The van der Waals surface area contributed by atoms with Gasteiger partial charge in [-0.1, -0.05) is 6.07 Å². The summed E-state index contributed by atoms with van der Waals surface area (Å²) < 4.78 is 0. The Labute approximate surface area is 119 Å². The molecule has 2 heterocycles. The van der Waals surface area contributed by atoms with Gasteiger partial charge in [0.2, 0.25) is 0 Å². The van der Waals surface area contributed by atoms with Crippen LogP contribution in [0.3, 0.4) is 0 Å². The minimum atomic E-state index is 0.858. The summed E-state index contributed by atoms with van der Waals surface area (Å²) in [4.78, 5) is 12.8. The van der Waals surface area contributed by atoms with Gasteiger partial charge in [-0.3, -0.25) is 9.97 Å². The fraction of sp³-hybridized carbons (Fsp3) is 0.400. The first-order valence-corrected chi connectivity index (χ1v) is 6.89. The van der Waals surface area contributed by atoms with E-state index < -0.39 is 0 Å². The van der Waals surface area contributed by atoms with E-state index in [0.29, 0.717) is 0 Å². The number of nitrogens with one attached hydrogen (secondary N) is 2. The van der Waals surface area contributed by atoms with Gasteiger partial charge in [0, 0.05) is 31.7 Å².